The molecule has 0 unspecified atom stereocenters. The third-order valence-electron chi connectivity index (χ3n) is 3.88. The average molecular weight is 340 g/mol. The van der Waals surface area contributed by atoms with Crippen molar-refractivity contribution in [2.45, 2.75) is 13.3 Å². The lowest BCUT2D eigenvalue weighted by Gasteiger charge is -2.34. The highest BCUT2D eigenvalue weighted by molar-refractivity contribution is 6.30. The number of rotatable bonds is 8. The van der Waals surface area contributed by atoms with Gasteiger partial charge in [-0.1, -0.05) is 24.6 Å². The number of carbonyl (C=O) groups excluding carboxylic acids is 1. The van der Waals surface area contributed by atoms with Gasteiger partial charge in [0.25, 0.3) is 0 Å². The molecule has 2 rings (SSSR count). The molecule has 0 radical (unpaired) electrons. The van der Waals surface area contributed by atoms with Crippen LogP contribution in [0.2, 0.25) is 5.02 Å². The molecule has 1 aromatic rings. The number of hydrogen-bond acceptors (Lipinski definition) is 4. The van der Waals surface area contributed by atoms with Gasteiger partial charge in [-0.15, -0.1) is 0 Å². The smallest absolute Gasteiger partial charge is 0.234 e. The third kappa shape index (κ3) is 6.77. The summed E-state index contributed by atoms with van der Waals surface area (Å²) >= 11 is 5.93. The standard InChI is InChI=1S/C17H26ClN3O2/c1-2-6-19-17(22)14-21-9-7-20(8-10-21)11-12-23-16-5-3-4-15(18)13-16/h3-5,13H,2,6-12,14H2,1H3,(H,19,22). The van der Waals surface area contributed by atoms with Crippen molar-refractivity contribution in [1.82, 2.24) is 15.1 Å². The van der Waals surface area contributed by atoms with E-state index in [9.17, 15) is 4.79 Å². The van der Waals surface area contributed by atoms with E-state index >= 15 is 0 Å². The Balaban J connectivity index is 1.60. The second-order valence-electron chi connectivity index (χ2n) is 5.77. The molecular formula is C17H26ClN3O2. The second kappa shape index (κ2) is 9.75. The van der Waals surface area contributed by atoms with Crippen LogP contribution >= 0.6 is 11.6 Å². The summed E-state index contributed by atoms with van der Waals surface area (Å²) in [5.41, 5.74) is 0. The van der Waals surface area contributed by atoms with E-state index < -0.39 is 0 Å². The molecule has 0 aromatic heterocycles. The van der Waals surface area contributed by atoms with E-state index in [1.54, 1.807) is 0 Å². The summed E-state index contributed by atoms with van der Waals surface area (Å²) in [7, 11) is 0. The molecule has 1 aliphatic rings. The number of piperazine rings is 1. The fourth-order valence-electron chi connectivity index (χ4n) is 2.54. The van der Waals surface area contributed by atoms with E-state index in [2.05, 4.69) is 22.0 Å². The number of nitrogens with zero attached hydrogens (tertiary/aromatic N) is 2. The van der Waals surface area contributed by atoms with Gasteiger partial charge in [0.05, 0.1) is 6.54 Å². The zero-order valence-electron chi connectivity index (χ0n) is 13.8. The maximum absolute atomic E-state index is 11.7. The van der Waals surface area contributed by atoms with Gasteiger partial charge in [-0.2, -0.15) is 0 Å². The molecule has 0 aliphatic carbocycles. The van der Waals surface area contributed by atoms with Crippen molar-refractivity contribution < 1.29 is 9.53 Å². The van der Waals surface area contributed by atoms with Crippen molar-refractivity contribution in [1.29, 1.82) is 0 Å². The lowest BCUT2D eigenvalue weighted by Crippen LogP contribution is -2.50. The van der Waals surface area contributed by atoms with Gasteiger partial charge in [0.15, 0.2) is 0 Å². The molecule has 23 heavy (non-hydrogen) atoms. The molecule has 0 atom stereocenters. The SMILES string of the molecule is CCCNC(=O)CN1CCN(CCOc2cccc(Cl)c2)CC1. The number of nitrogens with one attached hydrogen (secondary N) is 1. The zero-order chi connectivity index (χ0) is 16.5. The van der Waals surface area contributed by atoms with E-state index in [-0.39, 0.29) is 5.91 Å². The van der Waals surface area contributed by atoms with Crippen molar-refractivity contribution in [3.63, 3.8) is 0 Å². The molecule has 1 N–H and O–H groups in total. The molecule has 1 amide bonds. The van der Waals surface area contributed by atoms with Gasteiger partial charge in [-0.3, -0.25) is 14.6 Å². The fourth-order valence-corrected chi connectivity index (χ4v) is 2.72. The van der Waals surface area contributed by atoms with Crippen LogP contribution in [0.15, 0.2) is 24.3 Å². The van der Waals surface area contributed by atoms with Crippen LogP contribution in [-0.4, -0.2) is 68.1 Å². The van der Waals surface area contributed by atoms with Crippen molar-refractivity contribution in [3.8, 4) is 5.75 Å². The van der Waals surface area contributed by atoms with Gasteiger partial charge in [0, 0.05) is 44.3 Å². The highest BCUT2D eigenvalue weighted by atomic mass is 35.5. The van der Waals surface area contributed by atoms with Gasteiger partial charge in [0.2, 0.25) is 5.91 Å². The number of hydrogen-bond donors (Lipinski definition) is 1. The predicted octanol–water partition coefficient (Wildman–Crippen LogP) is 1.86. The van der Waals surface area contributed by atoms with Gasteiger partial charge >= 0.3 is 0 Å². The summed E-state index contributed by atoms with van der Waals surface area (Å²) in [5, 5.41) is 3.61. The lowest BCUT2D eigenvalue weighted by atomic mass is 10.3. The Labute approximate surface area is 143 Å². The highest BCUT2D eigenvalue weighted by Gasteiger charge is 2.18. The first-order valence-corrected chi connectivity index (χ1v) is 8.65. The minimum atomic E-state index is 0.129. The van der Waals surface area contributed by atoms with E-state index in [4.69, 9.17) is 16.3 Å². The molecule has 128 valence electrons. The molecule has 0 spiro atoms. The first kappa shape index (κ1) is 18.0. The van der Waals surface area contributed by atoms with Crippen LogP contribution in [0.5, 0.6) is 5.75 Å². The third-order valence-corrected chi connectivity index (χ3v) is 4.11. The Morgan fingerprint density at radius 2 is 2.00 bits per heavy atom. The molecule has 0 saturated carbocycles. The van der Waals surface area contributed by atoms with E-state index in [0.29, 0.717) is 18.2 Å². The van der Waals surface area contributed by atoms with Crippen LogP contribution in [0.1, 0.15) is 13.3 Å². The van der Waals surface area contributed by atoms with Crippen LogP contribution in [0.4, 0.5) is 0 Å². The maximum atomic E-state index is 11.7. The fraction of sp³-hybridized carbons (Fsp3) is 0.588. The van der Waals surface area contributed by atoms with Crippen molar-refractivity contribution in [2.24, 2.45) is 0 Å². The first-order chi connectivity index (χ1) is 11.2. The summed E-state index contributed by atoms with van der Waals surface area (Å²) < 4.78 is 5.72. The highest BCUT2D eigenvalue weighted by Crippen LogP contribution is 2.17. The zero-order valence-corrected chi connectivity index (χ0v) is 14.5. The lowest BCUT2D eigenvalue weighted by molar-refractivity contribution is -0.122. The first-order valence-electron chi connectivity index (χ1n) is 8.27. The Kier molecular flexibility index (Phi) is 7.65. The monoisotopic (exact) mass is 339 g/mol. The van der Waals surface area contributed by atoms with Gasteiger partial charge in [0.1, 0.15) is 12.4 Å². The summed E-state index contributed by atoms with van der Waals surface area (Å²) in [6.07, 6.45) is 0.978. The Morgan fingerprint density at radius 1 is 1.26 bits per heavy atom. The quantitative estimate of drug-likeness (QED) is 0.785. The molecule has 1 aliphatic heterocycles. The number of halogens is 1. The van der Waals surface area contributed by atoms with Crippen molar-refractivity contribution >= 4 is 17.5 Å². The molecule has 5 nitrogen and oxygen atoms in total. The number of benzene rings is 1. The van der Waals surface area contributed by atoms with Crippen LogP contribution in [0.3, 0.4) is 0 Å². The molecule has 1 aromatic carbocycles. The molecule has 1 fully saturated rings. The Bertz CT molecular complexity index is 490. The molecular weight excluding hydrogens is 314 g/mol. The molecule has 6 heteroatoms. The van der Waals surface area contributed by atoms with Crippen molar-refractivity contribution in [3.05, 3.63) is 29.3 Å². The van der Waals surface area contributed by atoms with Crippen LogP contribution in [0, 0.1) is 0 Å². The largest absolute Gasteiger partial charge is 0.492 e. The minimum Gasteiger partial charge on any atom is -0.492 e. The molecule has 0 bridgehead atoms. The summed E-state index contributed by atoms with van der Waals surface area (Å²) in [5.74, 6) is 0.938. The van der Waals surface area contributed by atoms with Crippen LogP contribution < -0.4 is 10.1 Å². The number of amides is 1. The summed E-state index contributed by atoms with van der Waals surface area (Å²) in [4.78, 5) is 16.3. The topological polar surface area (TPSA) is 44.8 Å². The normalized spacial score (nSPS) is 16.3. The summed E-state index contributed by atoms with van der Waals surface area (Å²) in [6, 6.07) is 7.47. The Hall–Kier alpha value is -1.30. The van der Waals surface area contributed by atoms with Crippen LogP contribution in [0.25, 0.3) is 0 Å². The number of ether oxygens (including phenoxy) is 1. The average Bonchev–Trinajstić information content (AvgIpc) is 2.55. The van der Waals surface area contributed by atoms with Crippen LogP contribution in [-0.2, 0) is 4.79 Å². The minimum absolute atomic E-state index is 0.129. The van der Waals surface area contributed by atoms with Gasteiger partial charge in [-0.25, -0.2) is 0 Å². The molecule has 1 saturated heterocycles. The second-order valence-corrected chi connectivity index (χ2v) is 6.21. The summed E-state index contributed by atoms with van der Waals surface area (Å²) in [6.45, 7) is 8.67. The van der Waals surface area contributed by atoms with E-state index in [0.717, 1.165) is 51.4 Å². The molecule has 1 heterocycles. The van der Waals surface area contributed by atoms with Crippen molar-refractivity contribution in [2.75, 3.05) is 52.4 Å². The van der Waals surface area contributed by atoms with Gasteiger partial charge < -0.3 is 10.1 Å². The van der Waals surface area contributed by atoms with E-state index in [1.807, 2.05) is 24.3 Å². The predicted molar refractivity (Wildman–Crippen MR) is 93.1 cm³/mol. The Morgan fingerprint density at radius 3 is 2.70 bits per heavy atom. The number of carbonyl (C=O) groups is 1. The van der Waals surface area contributed by atoms with Gasteiger partial charge in [-0.05, 0) is 24.6 Å². The van der Waals surface area contributed by atoms with E-state index in [1.165, 1.54) is 0 Å². The maximum Gasteiger partial charge on any atom is 0.234 e.